The number of amides is 2. The van der Waals surface area contributed by atoms with E-state index in [0.29, 0.717) is 23.1 Å². The number of aromatic amines is 1. The number of aryl methyl sites for hydroxylation is 1. The van der Waals surface area contributed by atoms with E-state index >= 15 is 0 Å². The number of urea groups is 1. The van der Waals surface area contributed by atoms with Crippen molar-refractivity contribution < 1.29 is 9.37 Å². The van der Waals surface area contributed by atoms with Crippen molar-refractivity contribution in [3.8, 4) is 0 Å². The van der Waals surface area contributed by atoms with Gasteiger partial charge in [0.15, 0.2) is 18.6 Å². The van der Waals surface area contributed by atoms with Gasteiger partial charge >= 0.3 is 6.03 Å². The van der Waals surface area contributed by atoms with Crippen LogP contribution in [0.1, 0.15) is 55.5 Å². The average Bonchev–Trinajstić information content (AvgIpc) is 3.42. The van der Waals surface area contributed by atoms with E-state index in [2.05, 4.69) is 42.0 Å². The number of hydrogen-bond acceptors (Lipinski definition) is 4. The molecule has 184 valence electrons. The lowest BCUT2D eigenvalue weighted by Gasteiger charge is -2.25. The summed E-state index contributed by atoms with van der Waals surface area (Å²) in [7, 11) is 1.51. The number of amidine groups is 1. The Morgan fingerprint density at radius 1 is 1.34 bits per heavy atom. The van der Waals surface area contributed by atoms with Gasteiger partial charge in [0, 0.05) is 30.4 Å². The van der Waals surface area contributed by atoms with E-state index in [1.165, 1.54) is 26.3 Å². The van der Waals surface area contributed by atoms with Crippen molar-refractivity contribution >= 4 is 23.8 Å². The van der Waals surface area contributed by atoms with E-state index in [0.717, 1.165) is 49.4 Å². The molecule has 3 heterocycles. The Morgan fingerprint density at radius 3 is 2.86 bits per heavy atom. The van der Waals surface area contributed by atoms with Crippen LogP contribution in [0.2, 0.25) is 0 Å². The molecule has 1 spiro atoms. The standard InChI is InChI=1S/C26H33N7O2/c1-3-17-4-6-20(30-24(17)34)18-8-9-26(14-18)15-22(26)33-12-10-32(11-13-33)19-5-7-21(29-16-19)23(27)31-25(35)28-2/h4-7,10,16,18,22H,3,8-9,11-15H2,1-2H3,(H3-,27,28,30,31,34,35)/p+1/t18-,22?,26?/m1/s1. The topological polar surface area (TPSA) is 119 Å². The summed E-state index contributed by atoms with van der Waals surface area (Å²) in [6, 6.07) is 8.03. The SMILES string of the molecule is CCc1ccc([C@@H]2CCC3(CC3N3CC=[N+](c4ccc(/C(N)=N/C(=O)NC)nc4)CC3)C2)[nH]c1=O. The van der Waals surface area contributed by atoms with Crippen LogP contribution in [0.25, 0.3) is 0 Å². The van der Waals surface area contributed by atoms with Crippen LogP contribution < -0.4 is 16.6 Å². The number of pyridine rings is 2. The Kier molecular flexibility index (Phi) is 6.27. The van der Waals surface area contributed by atoms with E-state index in [1.54, 1.807) is 12.3 Å². The van der Waals surface area contributed by atoms with Crippen molar-refractivity contribution in [2.24, 2.45) is 16.1 Å². The molecule has 2 fully saturated rings. The maximum Gasteiger partial charge on any atom is 0.342 e. The van der Waals surface area contributed by atoms with E-state index < -0.39 is 6.03 Å². The molecule has 3 atom stereocenters. The van der Waals surface area contributed by atoms with E-state index in [4.69, 9.17) is 5.73 Å². The average molecular weight is 477 g/mol. The van der Waals surface area contributed by atoms with Gasteiger partial charge in [-0.3, -0.25) is 9.69 Å². The minimum atomic E-state index is -0.494. The minimum absolute atomic E-state index is 0.0768. The number of nitrogens with one attached hydrogen (secondary N) is 2. The molecule has 4 N–H and O–H groups in total. The summed E-state index contributed by atoms with van der Waals surface area (Å²) < 4.78 is 2.23. The molecule has 0 radical (unpaired) electrons. The lowest BCUT2D eigenvalue weighted by molar-refractivity contribution is -0.444. The molecule has 35 heavy (non-hydrogen) atoms. The molecular formula is C26H34N7O2+. The number of aromatic nitrogens is 2. The van der Waals surface area contributed by atoms with Gasteiger partial charge in [0.1, 0.15) is 5.69 Å². The molecule has 2 aromatic heterocycles. The van der Waals surface area contributed by atoms with Crippen molar-refractivity contribution in [3.05, 3.63) is 57.8 Å². The number of rotatable bonds is 5. The van der Waals surface area contributed by atoms with Crippen molar-refractivity contribution in [2.45, 2.75) is 51.0 Å². The fourth-order valence-electron chi connectivity index (χ4n) is 5.86. The summed E-state index contributed by atoms with van der Waals surface area (Å²) in [6.07, 6.45) is 9.62. The van der Waals surface area contributed by atoms with Gasteiger partial charge in [-0.05, 0) is 55.6 Å². The van der Waals surface area contributed by atoms with Crippen molar-refractivity contribution in [2.75, 3.05) is 26.7 Å². The zero-order valence-electron chi connectivity index (χ0n) is 20.5. The fourth-order valence-corrected chi connectivity index (χ4v) is 5.86. The first-order valence-electron chi connectivity index (χ1n) is 12.5. The largest absolute Gasteiger partial charge is 0.382 e. The minimum Gasteiger partial charge on any atom is -0.382 e. The van der Waals surface area contributed by atoms with Crippen LogP contribution in [0.5, 0.6) is 0 Å². The zero-order chi connectivity index (χ0) is 24.6. The van der Waals surface area contributed by atoms with Crippen LogP contribution in [0.4, 0.5) is 10.5 Å². The first-order valence-corrected chi connectivity index (χ1v) is 12.5. The second-order valence-electron chi connectivity index (χ2n) is 9.97. The summed E-state index contributed by atoms with van der Waals surface area (Å²) >= 11 is 0. The molecular weight excluding hydrogens is 442 g/mol. The monoisotopic (exact) mass is 476 g/mol. The van der Waals surface area contributed by atoms with Gasteiger partial charge in [0.25, 0.3) is 5.56 Å². The van der Waals surface area contributed by atoms with Gasteiger partial charge in [0.2, 0.25) is 5.69 Å². The first-order chi connectivity index (χ1) is 16.9. The van der Waals surface area contributed by atoms with Crippen LogP contribution in [-0.2, 0) is 6.42 Å². The summed E-state index contributed by atoms with van der Waals surface area (Å²) in [4.78, 5) is 37.5. The zero-order valence-corrected chi connectivity index (χ0v) is 20.5. The van der Waals surface area contributed by atoms with Gasteiger partial charge in [-0.1, -0.05) is 13.0 Å². The highest BCUT2D eigenvalue weighted by Crippen LogP contribution is 2.63. The summed E-state index contributed by atoms with van der Waals surface area (Å²) in [5, 5.41) is 2.42. The number of hydrogen-bond donors (Lipinski definition) is 3. The van der Waals surface area contributed by atoms with Crippen LogP contribution in [0.15, 0.2) is 40.2 Å². The second-order valence-corrected chi connectivity index (χ2v) is 9.97. The van der Waals surface area contributed by atoms with Gasteiger partial charge in [-0.2, -0.15) is 9.57 Å². The molecule has 5 rings (SSSR count). The third-order valence-electron chi connectivity index (χ3n) is 8.01. The van der Waals surface area contributed by atoms with Gasteiger partial charge in [0.05, 0.1) is 19.3 Å². The molecule has 2 amide bonds. The highest BCUT2D eigenvalue weighted by atomic mass is 16.2. The maximum atomic E-state index is 12.3. The molecule has 2 aliphatic carbocycles. The van der Waals surface area contributed by atoms with Crippen LogP contribution in [0.3, 0.4) is 0 Å². The smallest absolute Gasteiger partial charge is 0.342 e. The van der Waals surface area contributed by atoms with E-state index in [-0.39, 0.29) is 11.4 Å². The molecule has 1 aliphatic heterocycles. The van der Waals surface area contributed by atoms with Crippen molar-refractivity contribution in [3.63, 3.8) is 0 Å². The number of H-pyrrole nitrogens is 1. The number of aliphatic imine (C=N–C) groups is 1. The Balaban J connectivity index is 1.19. The van der Waals surface area contributed by atoms with Gasteiger partial charge in [-0.15, -0.1) is 0 Å². The van der Waals surface area contributed by atoms with E-state index in [1.807, 2.05) is 19.1 Å². The Hall–Kier alpha value is -3.33. The summed E-state index contributed by atoms with van der Waals surface area (Å²) in [5.74, 6) is 0.567. The highest BCUT2D eigenvalue weighted by molar-refractivity contribution is 6.02. The number of nitrogens with two attached hydrogens (primary N) is 1. The second kappa shape index (κ2) is 9.37. The lowest BCUT2D eigenvalue weighted by Crippen LogP contribution is -2.41. The number of carbonyl (C=O) groups excluding carboxylic acids is 1. The van der Waals surface area contributed by atoms with Crippen molar-refractivity contribution in [1.29, 1.82) is 0 Å². The summed E-state index contributed by atoms with van der Waals surface area (Å²) in [6.45, 7) is 4.86. The quantitative estimate of drug-likeness (QED) is 0.347. The molecule has 3 aliphatic rings. The molecule has 0 saturated heterocycles. The van der Waals surface area contributed by atoms with Crippen molar-refractivity contribution in [1.82, 2.24) is 20.2 Å². The van der Waals surface area contributed by atoms with Crippen LogP contribution in [-0.4, -0.2) is 70.2 Å². The number of carbonyl (C=O) groups is 1. The Bertz CT molecular complexity index is 1230. The van der Waals surface area contributed by atoms with Gasteiger partial charge in [-0.25, -0.2) is 9.78 Å². The molecule has 2 aromatic rings. The van der Waals surface area contributed by atoms with Crippen LogP contribution in [0, 0.1) is 5.41 Å². The predicted molar refractivity (Wildman–Crippen MR) is 136 cm³/mol. The Labute approximate surface area is 205 Å². The molecule has 9 heteroatoms. The predicted octanol–water partition coefficient (Wildman–Crippen LogP) is 2.13. The molecule has 9 nitrogen and oxygen atoms in total. The van der Waals surface area contributed by atoms with Crippen LogP contribution >= 0.6 is 0 Å². The fraction of sp³-hybridized carbons (Fsp3) is 0.500. The third-order valence-corrected chi connectivity index (χ3v) is 8.01. The third kappa shape index (κ3) is 4.65. The maximum absolute atomic E-state index is 12.3. The number of nitrogens with zero attached hydrogens (tertiary/aromatic N) is 4. The summed E-state index contributed by atoms with van der Waals surface area (Å²) in [5.41, 5.74) is 9.82. The first kappa shape index (κ1) is 23.4. The molecule has 0 bridgehead atoms. The Morgan fingerprint density at radius 2 is 2.20 bits per heavy atom. The molecule has 0 aromatic carbocycles. The normalized spacial score (nSPS) is 26.6. The molecule has 2 unspecified atom stereocenters. The van der Waals surface area contributed by atoms with E-state index in [9.17, 15) is 9.59 Å². The lowest BCUT2D eigenvalue weighted by atomic mass is 9.98. The highest BCUT2D eigenvalue weighted by Gasteiger charge is 2.60. The van der Waals surface area contributed by atoms with Gasteiger partial charge < -0.3 is 16.0 Å². The molecule has 2 saturated carbocycles.